The van der Waals surface area contributed by atoms with E-state index < -0.39 is 0 Å². The first kappa shape index (κ1) is 22.2. The summed E-state index contributed by atoms with van der Waals surface area (Å²) in [5, 5.41) is 0.300. The zero-order chi connectivity index (χ0) is 20.3. The summed E-state index contributed by atoms with van der Waals surface area (Å²) in [5.41, 5.74) is 4.97. The number of rotatable bonds is 6. The summed E-state index contributed by atoms with van der Waals surface area (Å²) in [6, 6.07) is 0. The predicted molar refractivity (Wildman–Crippen MR) is 125 cm³/mol. The third-order valence-electron chi connectivity index (χ3n) is 8.32. The van der Waals surface area contributed by atoms with Gasteiger partial charge in [0.25, 0.3) is 0 Å². The standard InChI is InChI=1S/C27H43Cl/c1-19(2)8-6-9-21(4)25-15-16-26-22(10-7-17-27(25,26)5)12-13-23-18-24(28)14-11-20(23)3/h12-13,19,21,24-26H,3,6-11,14-18H2,1-2,4-5H3/b22-12+,23-13-/t21-,24?,25-,26?,27-/m1/s1. The summed E-state index contributed by atoms with van der Waals surface area (Å²) in [5.74, 6) is 3.44. The molecule has 0 saturated heterocycles. The van der Waals surface area contributed by atoms with Crippen LogP contribution in [-0.4, -0.2) is 5.38 Å². The van der Waals surface area contributed by atoms with Crippen molar-refractivity contribution in [2.45, 2.75) is 104 Å². The summed E-state index contributed by atoms with van der Waals surface area (Å²) < 4.78 is 0. The molecule has 1 heteroatoms. The van der Waals surface area contributed by atoms with E-state index in [4.69, 9.17) is 11.6 Å². The molecule has 158 valence electrons. The monoisotopic (exact) mass is 402 g/mol. The van der Waals surface area contributed by atoms with E-state index in [1.54, 1.807) is 5.57 Å². The highest BCUT2D eigenvalue weighted by atomic mass is 35.5. The number of hydrogen-bond donors (Lipinski definition) is 0. The second-order valence-electron chi connectivity index (χ2n) is 10.8. The van der Waals surface area contributed by atoms with Crippen LogP contribution in [-0.2, 0) is 0 Å². The molecule has 0 N–H and O–H groups in total. The van der Waals surface area contributed by atoms with Gasteiger partial charge in [-0.1, -0.05) is 76.8 Å². The van der Waals surface area contributed by atoms with Gasteiger partial charge in [-0.05, 0) is 86.0 Å². The maximum atomic E-state index is 6.42. The Labute approximate surface area is 179 Å². The molecule has 3 saturated carbocycles. The molecule has 0 heterocycles. The molecule has 0 nitrogen and oxygen atoms in total. The minimum Gasteiger partial charge on any atom is -0.123 e. The van der Waals surface area contributed by atoms with Crippen LogP contribution < -0.4 is 0 Å². The highest BCUT2D eigenvalue weighted by molar-refractivity contribution is 6.20. The fourth-order valence-electron chi connectivity index (χ4n) is 6.63. The van der Waals surface area contributed by atoms with Crippen LogP contribution in [0.5, 0.6) is 0 Å². The first-order chi connectivity index (χ1) is 13.3. The van der Waals surface area contributed by atoms with Gasteiger partial charge in [-0.2, -0.15) is 0 Å². The van der Waals surface area contributed by atoms with Crippen molar-refractivity contribution in [2.24, 2.45) is 29.1 Å². The average Bonchev–Trinajstić information content (AvgIpc) is 2.99. The van der Waals surface area contributed by atoms with Crippen LogP contribution in [0.2, 0.25) is 0 Å². The van der Waals surface area contributed by atoms with Gasteiger partial charge in [-0.15, -0.1) is 11.6 Å². The van der Waals surface area contributed by atoms with Crippen molar-refractivity contribution in [3.8, 4) is 0 Å². The number of alkyl halides is 1. The Morgan fingerprint density at radius 1 is 1.11 bits per heavy atom. The zero-order valence-electron chi connectivity index (χ0n) is 18.9. The van der Waals surface area contributed by atoms with Crippen molar-refractivity contribution in [3.63, 3.8) is 0 Å². The highest BCUT2D eigenvalue weighted by Crippen LogP contribution is 2.59. The van der Waals surface area contributed by atoms with Gasteiger partial charge >= 0.3 is 0 Å². The lowest BCUT2D eigenvalue weighted by atomic mass is 9.60. The van der Waals surface area contributed by atoms with Crippen molar-refractivity contribution in [1.29, 1.82) is 0 Å². The van der Waals surface area contributed by atoms with E-state index in [-0.39, 0.29) is 0 Å². The molecule has 5 atom stereocenters. The Hall–Kier alpha value is -0.490. The normalized spacial score (nSPS) is 37.6. The van der Waals surface area contributed by atoms with E-state index in [9.17, 15) is 0 Å². The lowest BCUT2D eigenvalue weighted by molar-refractivity contribution is 0.0929. The van der Waals surface area contributed by atoms with E-state index in [0.29, 0.717) is 10.8 Å². The molecular formula is C27H43Cl. The number of hydrogen-bond acceptors (Lipinski definition) is 0. The Morgan fingerprint density at radius 3 is 2.64 bits per heavy atom. The lowest BCUT2D eigenvalue weighted by Crippen LogP contribution is -2.36. The molecule has 0 radical (unpaired) electrons. The summed E-state index contributed by atoms with van der Waals surface area (Å²) >= 11 is 6.42. The van der Waals surface area contributed by atoms with Crippen molar-refractivity contribution in [1.82, 2.24) is 0 Å². The largest absolute Gasteiger partial charge is 0.123 e. The molecule has 2 unspecified atom stereocenters. The van der Waals surface area contributed by atoms with E-state index in [1.807, 2.05) is 0 Å². The molecule has 3 rings (SSSR count). The third-order valence-corrected chi connectivity index (χ3v) is 8.69. The average molecular weight is 403 g/mol. The van der Waals surface area contributed by atoms with Gasteiger partial charge in [0.2, 0.25) is 0 Å². The molecule has 3 aliphatic rings. The van der Waals surface area contributed by atoms with Gasteiger partial charge < -0.3 is 0 Å². The first-order valence-corrected chi connectivity index (χ1v) is 12.5. The van der Waals surface area contributed by atoms with E-state index >= 15 is 0 Å². The molecule has 3 fully saturated rings. The van der Waals surface area contributed by atoms with E-state index in [0.717, 1.165) is 42.9 Å². The quantitative estimate of drug-likeness (QED) is 0.389. The van der Waals surface area contributed by atoms with Crippen LogP contribution in [0, 0.1) is 29.1 Å². The van der Waals surface area contributed by atoms with Gasteiger partial charge in [-0.25, -0.2) is 0 Å². The summed E-state index contributed by atoms with van der Waals surface area (Å²) in [6.07, 6.45) is 19.2. The fraction of sp³-hybridized carbons (Fsp3) is 0.778. The van der Waals surface area contributed by atoms with Crippen LogP contribution in [0.1, 0.15) is 98.3 Å². The molecule has 0 aliphatic heterocycles. The smallest absolute Gasteiger partial charge is 0.0379 e. The lowest BCUT2D eigenvalue weighted by Gasteiger charge is -2.44. The Bertz CT molecular complexity index is 610. The number of fused-ring (bicyclic) bond motifs is 1. The SMILES string of the molecule is C=C1CCC(Cl)C/C1=C/C=C1\CCC[C@@]2(C)C1CC[C@@H]2[C@H](C)CCCC(C)C. The van der Waals surface area contributed by atoms with Crippen LogP contribution in [0.4, 0.5) is 0 Å². The van der Waals surface area contributed by atoms with Gasteiger partial charge in [0.15, 0.2) is 0 Å². The molecule has 0 amide bonds. The van der Waals surface area contributed by atoms with Gasteiger partial charge in [0, 0.05) is 5.38 Å². The maximum absolute atomic E-state index is 6.42. The van der Waals surface area contributed by atoms with Crippen LogP contribution in [0.25, 0.3) is 0 Å². The van der Waals surface area contributed by atoms with Crippen molar-refractivity contribution < 1.29 is 0 Å². The minimum absolute atomic E-state index is 0.300. The fourth-order valence-corrected chi connectivity index (χ4v) is 6.91. The van der Waals surface area contributed by atoms with Crippen molar-refractivity contribution in [2.75, 3.05) is 0 Å². The van der Waals surface area contributed by atoms with Crippen LogP contribution in [0.15, 0.2) is 35.5 Å². The molecule has 0 aromatic carbocycles. The molecule has 3 aliphatic carbocycles. The van der Waals surface area contributed by atoms with Crippen molar-refractivity contribution in [3.05, 3.63) is 35.5 Å². The Kier molecular flexibility index (Phi) is 7.57. The predicted octanol–water partition coefficient (Wildman–Crippen LogP) is 8.87. The number of halogens is 1. The molecule has 0 bridgehead atoms. The second kappa shape index (κ2) is 9.55. The van der Waals surface area contributed by atoms with Crippen LogP contribution >= 0.6 is 11.6 Å². The van der Waals surface area contributed by atoms with Crippen LogP contribution in [0.3, 0.4) is 0 Å². The van der Waals surface area contributed by atoms with E-state index in [2.05, 4.69) is 46.4 Å². The minimum atomic E-state index is 0.300. The molecule has 0 aromatic heterocycles. The Balaban J connectivity index is 1.70. The summed E-state index contributed by atoms with van der Waals surface area (Å²) in [4.78, 5) is 0. The Morgan fingerprint density at radius 2 is 1.89 bits per heavy atom. The molecular weight excluding hydrogens is 360 g/mol. The molecule has 0 spiro atoms. The first-order valence-electron chi connectivity index (χ1n) is 12.0. The maximum Gasteiger partial charge on any atom is 0.0379 e. The van der Waals surface area contributed by atoms with Gasteiger partial charge in [-0.3, -0.25) is 0 Å². The topological polar surface area (TPSA) is 0 Å². The van der Waals surface area contributed by atoms with E-state index in [1.165, 1.54) is 62.5 Å². The summed E-state index contributed by atoms with van der Waals surface area (Å²) in [7, 11) is 0. The van der Waals surface area contributed by atoms with Gasteiger partial charge in [0.1, 0.15) is 0 Å². The summed E-state index contributed by atoms with van der Waals surface area (Å²) in [6.45, 7) is 14.2. The van der Waals surface area contributed by atoms with Crippen molar-refractivity contribution >= 4 is 11.6 Å². The number of allylic oxidation sites excluding steroid dienone is 5. The zero-order valence-corrected chi connectivity index (χ0v) is 19.7. The molecule has 0 aromatic rings. The second-order valence-corrected chi connectivity index (χ2v) is 11.4. The highest BCUT2D eigenvalue weighted by Gasteiger charge is 2.50. The van der Waals surface area contributed by atoms with Gasteiger partial charge in [0.05, 0.1) is 0 Å². The third kappa shape index (κ3) is 4.97. The molecule has 28 heavy (non-hydrogen) atoms.